The number of hydrogen-bond acceptors (Lipinski definition) is 5. The minimum atomic E-state index is -1.52. The van der Waals surface area contributed by atoms with E-state index in [2.05, 4.69) is 15.4 Å². The molecule has 1 aliphatic rings. The predicted octanol–water partition coefficient (Wildman–Crippen LogP) is 5.12. The number of halogens is 4. The van der Waals surface area contributed by atoms with Gasteiger partial charge in [0.25, 0.3) is 0 Å². The molecule has 3 N–H and O–H groups in total. The number of aromatic nitrogens is 3. The summed E-state index contributed by atoms with van der Waals surface area (Å²) in [5.74, 6) is -1.71. The molecule has 0 bridgehead atoms. The van der Waals surface area contributed by atoms with Crippen LogP contribution in [0.5, 0.6) is 5.75 Å². The topological polar surface area (TPSA) is 78.0 Å². The summed E-state index contributed by atoms with van der Waals surface area (Å²) in [5, 5.41) is 7.52. The number of anilines is 1. The van der Waals surface area contributed by atoms with Crippen molar-refractivity contribution in [1.82, 2.24) is 20.1 Å². The van der Waals surface area contributed by atoms with E-state index in [0.29, 0.717) is 42.6 Å². The zero-order chi connectivity index (χ0) is 22.2. The Hall–Kier alpha value is -2.42. The maximum Gasteiger partial charge on any atom is 0.204 e. The van der Waals surface area contributed by atoms with Gasteiger partial charge in [-0.2, -0.15) is 5.10 Å². The highest BCUT2D eigenvalue weighted by Gasteiger charge is 2.34. The van der Waals surface area contributed by atoms with Crippen molar-refractivity contribution >= 4 is 29.0 Å². The van der Waals surface area contributed by atoms with Gasteiger partial charge in [-0.15, -0.1) is 0 Å². The number of nitrogen functional groups attached to an aromatic ring is 1. The fraction of sp³-hybridized carbons (Fsp3) is 0.333. The van der Waals surface area contributed by atoms with Crippen molar-refractivity contribution in [2.45, 2.75) is 31.7 Å². The largest absolute Gasteiger partial charge is 0.482 e. The van der Waals surface area contributed by atoms with Crippen molar-refractivity contribution in [2.24, 2.45) is 0 Å². The third-order valence-electron chi connectivity index (χ3n) is 5.37. The summed E-state index contributed by atoms with van der Waals surface area (Å²) in [6, 6.07) is 4.28. The highest BCUT2D eigenvalue weighted by Crippen LogP contribution is 2.37. The van der Waals surface area contributed by atoms with Gasteiger partial charge in [-0.25, -0.2) is 18.4 Å². The normalized spacial score (nSPS) is 16.8. The standard InChI is InChI=1S/C21H21Cl2F2N5O/c1-12(18-15(22)2-3-16(24)19(18)23)31-17-8-13(9-28-20(17)26)14-10-29-30(11-14)21(25)4-6-27-7-5-21/h2-3,8-12,27H,4-7H2,1H3,(H2,26,28)/t12-/m1/s1. The number of alkyl halides is 1. The molecule has 164 valence electrons. The van der Waals surface area contributed by atoms with E-state index < -0.39 is 17.7 Å². The monoisotopic (exact) mass is 467 g/mol. The van der Waals surface area contributed by atoms with Gasteiger partial charge in [0.1, 0.15) is 11.9 Å². The smallest absolute Gasteiger partial charge is 0.204 e. The van der Waals surface area contributed by atoms with Crippen LogP contribution in [-0.2, 0) is 5.79 Å². The highest BCUT2D eigenvalue weighted by atomic mass is 35.5. The van der Waals surface area contributed by atoms with E-state index in [1.807, 2.05) is 0 Å². The van der Waals surface area contributed by atoms with Crippen molar-refractivity contribution in [1.29, 1.82) is 0 Å². The van der Waals surface area contributed by atoms with Crippen LogP contribution in [0.1, 0.15) is 31.4 Å². The Balaban J connectivity index is 1.61. The van der Waals surface area contributed by atoms with Gasteiger partial charge in [0.2, 0.25) is 5.79 Å². The first-order valence-electron chi connectivity index (χ1n) is 9.79. The molecule has 3 heterocycles. The molecule has 0 aliphatic carbocycles. The van der Waals surface area contributed by atoms with Crippen LogP contribution in [-0.4, -0.2) is 27.9 Å². The number of ether oxygens (including phenoxy) is 1. The molecule has 0 spiro atoms. The van der Waals surface area contributed by atoms with E-state index in [-0.39, 0.29) is 21.6 Å². The first kappa shape index (κ1) is 21.8. The maximum absolute atomic E-state index is 15.2. The summed E-state index contributed by atoms with van der Waals surface area (Å²) in [6.07, 6.45) is 4.77. The van der Waals surface area contributed by atoms with Crippen LogP contribution < -0.4 is 15.8 Å². The van der Waals surface area contributed by atoms with Gasteiger partial charge in [0, 0.05) is 60.0 Å². The van der Waals surface area contributed by atoms with Gasteiger partial charge in [-0.3, -0.25) is 0 Å². The molecule has 2 aromatic heterocycles. The first-order chi connectivity index (χ1) is 14.8. The summed E-state index contributed by atoms with van der Waals surface area (Å²) in [6.45, 7) is 2.87. The van der Waals surface area contributed by atoms with Crippen molar-refractivity contribution < 1.29 is 13.5 Å². The molecule has 0 unspecified atom stereocenters. The Morgan fingerprint density at radius 1 is 1.23 bits per heavy atom. The zero-order valence-electron chi connectivity index (χ0n) is 16.7. The summed E-state index contributed by atoms with van der Waals surface area (Å²) in [7, 11) is 0. The molecule has 1 aromatic carbocycles. The Morgan fingerprint density at radius 2 is 1.97 bits per heavy atom. The number of nitrogens with two attached hydrogens (primary N) is 1. The van der Waals surface area contributed by atoms with E-state index in [0.717, 1.165) is 0 Å². The minimum Gasteiger partial charge on any atom is -0.482 e. The average molecular weight is 468 g/mol. The number of hydrogen-bond donors (Lipinski definition) is 2. The molecule has 1 aliphatic heterocycles. The van der Waals surface area contributed by atoms with Crippen LogP contribution in [0, 0.1) is 5.82 Å². The zero-order valence-corrected chi connectivity index (χ0v) is 18.2. The third-order valence-corrected chi connectivity index (χ3v) is 6.08. The molecule has 31 heavy (non-hydrogen) atoms. The van der Waals surface area contributed by atoms with Crippen molar-refractivity contribution in [3.8, 4) is 16.9 Å². The Labute approximate surface area is 188 Å². The van der Waals surface area contributed by atoms with Crippen LogP contribution in [0.25, 0.3) is 11.1 Å². The molecule has 10 heteroatoms. The third kappa shape index (κ3) is 4.33. The fourth-order valence-electron chi connectivity index (χ4n) is 3.60. The highest BCUT2D eigenvalue weighted by molar-refractivity contribution is 6.36. The molecule has 1 atom stereocenters. The van der Waals surface area contributed by atoms with Crippen molar-refractivity contribution in [2.75, 3.05) is 18.8 Å². The minimum absolute atomic E-state index is 0.112. The van der Waals surface area contributed by atoms with Crippen LogP contribution in [0.4, 0.5) is 14.6 Å². The van der Waals surface area contributed by atoms with Crippen LogP contribution in [0.2, 0.25) is 10.0 Å². The van der Waals surface area contributed by atoms with Crippen molar-refractivity contribution in [3.05, 3.63) is 58.2 Å². The molecular weight excluding hydrogens is 447 g/mol. The van der Waals surface area contributed by atoms with E-state index in [9.17, 15) is 4.39 Å². The van der Waals surface area contributed by atoms with Gasteiger partial charge in [-0.1, -0.05) is 23.2 Å². The van der Waals surface area contributed by atoms with Gasteiger partial charge >= 0.3 is 0 Å². The number of rotatable bonds is 5. The molecule has 3 aromatic rings. The summed E-state index contributed by atoms with van der Waals surface area (Å²) in [4.78, 5) is 4.18. The second kappa shape index (κ2) is 8.61. The van der Waals surface area contributed by atoms with E-state index in [4.69, 9.17) is 33.7 Å². The van der Waals surface area contributed by atoms with E-state index in [1.165, 1.54) is 16.8 Å². The van der Waals surface area contributed by atoms with Crippen molar-refractivity contribution in [3.63, 3.8) is 0 Å². The number of benzene rings is 1. The second-order valence-corrected chi connectivity index (χ2v) is 8.25. The van der Waals surface area contributed by atoms with Gasteiger partial charge < -0.3 is 15.8 Å². The lowest BCUT2D eigenvalue weighted by Gasteiger charge is -2.30. The molecular formula is C21H21Cl2F2N5O. The average Bonchev–Trinajstić information content (AvgIpc) is 3.24. The van der Waals surface area contributed by atoms with Gasteiger partial charge in [-0.05, 0) is 25.1 Å². The number of nitrogens with zero attached hydrogens (tertiary/aromatic N) is 3. The predicted molar refractivity (Wildman–Crippen MR) is 117 cm³/mol. The molecule has 0 saturated carbocycles. The number of piperidine rings is 1. The van der Waals surface area contributed by atoms with Gasteiger partial charge in [0.05, 0.1) is 11.2 Å². The lowest BCUT2D eigenvalue weighted by Crippen LogP contribution is -2.41. The Kier molecular flexibility index (Phi) is 6.05. The molecule has 6 nitrogen and oxygen atoms in total. The Bertz CT molecular complexity index is 1100. The molecule has 0 amide bonds. The Morgan fingerprint density at radius 3 is 2.71 bits per heavy atom. The maximum atomic E-state index is 15.2. The molecule has 4 rings (SSSR count). The summed E-state index contributed by atoms with van der Waals surface area (Å²) in [5.41, 5.74) is 7.61. The molecule has 1 fully saturated rings. The second-order valence-electron chi connectivity index (χ2n) is 7.47. The van der Waals surface area contributed by atoms with Crippen LogP contribution in [0.3, 0.4) is 0 Å². The van der Waals surface area contributed by atoms with Crippen LogP contribution in [0.15, 0.2) is 36.8 Å². The lowest BCUT2D eigenvalue weighted by molar-refractivity contribution is 0.0183. The summed E-state index contributed by atoms with van der Waals surface area (Å²) < 4.78 is 36.3. The molecule has 1 saturated heterocycles. The van der Waals surface area contributed by atoms with E-state index >= 15 is 4.39 Å². The lowest BCUT2D eigenvalue weighted by atomic mass is 10.0. The first-order valence-corrected chi connectivity index (χ1v) is 10.5. The SMILES string of the molecule is C[C@@H](Oc1cc(-c2cnn(C3(F)CCNCC3)c2)cnc1N)c1c(Cl)ccc(F)c1Cl. The summed E-state index contributed by atoms with van der Waals surface area (Å²) >= 11 is 12.3. The fourth-order valence-corrected chi connectivity index (χ4v) is 4.28. The van der Waals surface area contributed by atoms with Crippen LogP contribution >= 0.6 is 23.2 Å². The quantitative estimate of drug-likeness (QED) is 0.509. The number of nitrogens with one attached hydrogen (secondary N) is 1. The van der Waals surface area contributed by atoms with Gasteiger partial charge in [0.15, 0.2) is 11.6 Å². The number of pyridine rings is 1. The molecule has 0 radical (unpaired) electrons. The van der Waals surface area contributed by atoms with E-state index in [1.54, 1.807) is 31.6 Å².